The minimum atomic E-state index is 0.703. The van der Waals surface area contributed by atoms with Crippen LogP contribution >= 0.6 is 12.2 Å². The summed E-state index contributed by atoms with van der Waals surface area (Å²) >= 11 is 5.36. The third-order valence-electron chi connectivity index (χ3n) is 3.79. The Hall–Kier alpha value is -1.50. The van der Waals surface area contributed by atoms with Crippen molar-refractivity contribution in [3.63, 3.8) is 0 Å². The van der Waals surface area contributed by atoms with Gasteiger partial charge in [-0.2, -0.15) is 5.10 Å². The Morgan fingerprint density at radius 1 is 1.14 bits per heavy atom. The summed E-state index contributed by atoms with van der Waals surface area (Å²) in [6.07, 6.45) is 0.803. The predicted octanol–water partition coefficient (Wildman–Crippen LogP) is 1.86. The van der Waals surface area contributed by atoms with Crippen LogP contribution in [0.3, 0.4) is 0 Å². The largest absolute Gasteiger partial charge is 0.379 e. The third-order valence-corrected chi connectivity index (χ3v) is 4.10. The number of nitrogens with one attached hydrogen (secondary N) is 1. The number of hydrogen-bond acceptors (Lipinski definition) is 4. The lowest BCUT2D eigenvalue weighted by Crippen LogP contribution is -2.38. The van der Waals surface area contributed by atoms with Crippen molar-refractivity contribution in [2.75, 3.05) is 32.8 Å². The standard InChI is InChI=1S/C15H20N4OS/c21-15-17-16-14(12-13-4-2-1-3-5-13)19(15)7-6-18-8-10-20-11-9-18/h1-5H,6-12H2,(H,17,21). The van der Waals surface area contributed by atoms with Gasteiger partial charge in [0.2, 0.25) is 0 Å². The maximum absolute atomic E-state index is 5.38. The van der Waals surface area contributed by atoms with Gasteiger partial charge in [-0.3, -0.25) is 10.00 Å². The van der Waals surface area contributed by atoms with Gasteiger partial charge in [-0.25, -0.2) is 0 Å². The average Bonchev–Trinajstić information content (AvgIpc) is 2.87. The SMILES string of the molecule is S=c1[nH]nc(Cc2ccccc2)n1CCN1CCOCC1. The molecule has 0 amide bonds. The van der Waals surface area contributed by atoms with Crippen molar-refractivity contribution in [3.05, 3.63) is 46.5 Å². The fraction of sp³-hybridized carbons (Fsp3) is 0.467. The molecule has 3 rings (SSSR count). The quantitative estimate of drug-likeness (QED) is 0.857. The summed E-state index contributed by atoms with van der Waals surface area (Å²) in [7, 11) is 0. The van der Waals surface area contributed by atoms with Crippen molar-refractivity contribution in [1.82, 2.24) is 19.7 Å². The Morgan fingerprint density at radius 3 is 2.67 bits per heavy atom. The summed E-state index contributed by atoms with van der Waals surface area (Å²) in [6, 6.07) is 10.4. The van der Waals surface area contributed by atoms with Crippen LogP contribution in [0.2, 0.25) is 0 Å². The van der Waals surface area contributed by atoms with Crippen LogP contribution in [0.4, 0.5) is 0 Å². The second-order valence-corrected chi connectivity index (χ2v) is 5.60. The first-order valence-electron chi connectivity index (χ1n) is 7.31. The Morgan fingerprint density at radius 2 is 1.90 bits per heavy atom. The molecule has 0 radical (unpaired) electrons. The molecule has 0 bridgehead atoms. The zero-order valence-electron chi connectivity index (χ0n) is 12.0. The molecular formula is C15H20N4OS. The molecule has 21 heavy (non-hydrogen) atoms. The van der Waals surface area contributed by atoms with Gasteiger partial charge in [-0.15, -0.1) is 0 Å². The van der Waals surface area contributed by atoms with Gasteiger partial charge in [0, 0.05) is 32.6 Å². The highest BCUT2D eigenvalue weighted by atomic mass is 32.1. The second kappa shape index (κ2) is 6.98. The summed E-state index contributed by atoms with van der Waals surface area (Å²) in [4.78, 5) is 2.41. The van der Waals surface area contributed by atoms with E-state index in [1.54, 1.807) is 0 Å². The van der Waals surface area contributed by atoms with E-state index in [2.05, 4.69) is 43.9 Å². The molecule has 1 N–H and O–H groups in total. The molecule has 1 aromatic carbocycles. The third kappa shape index (κ3) is 3.78. The van der Waals surface area contributed by atoms with Gasteiger partial charge in [0.1, 0.15) is 5.82 Å². The molecule has 1 aliphatic heterocycles. The van der Waals surface area contributed by atoms with Crippen molar-refractivity contribution in [3.8, 4) is 0 Å². The van der Waals surface area contributed by atoms with Crippen LogP contribution in [0.5, 0.6) is 0 Å². The van der Waals surface area contributed by atoms with Crippen LogP contribution in [-0.4, -0.2) is 52.5 Å². The number of ether oxygens (including phenoxy) is 1. The Bertz CT molecular complexity index is 616. The van der Waals surface area contributed by atoms with Gasteiger partial charge in [-0.1, -0.05) is 30.3 Å². The van der Waals surface area contributed by atoms with Gasteiger partial charge >= 0.3 is 0 Å². The van der Waals surface area contributed by atoms with Gasteiger partial charge in [0.05, 0.1) is 13.2 Å². The van der Waals surface area contributed by atoms with Crippen molar-refractivity contribution in [2.24, 2.45) is 0 Å². The lowest BCUT2D eigenvalue weighted by atomic mass is 10.1. The van der Waals surface area contributed by atoms with Gasteiger partial charge in [0.25, 0.3) is 0 Å². The highest BCUT2D eigenvalue weighted by molar-refractivity contribution is 7.71. The van der Waals surface area contributed by atoms with Gasteiger partial charge in [-0.05, 0) is 17.8 Å². The fourth-order valence-corrected chi connectivity index (χ4v) is 2.80. The topological polar surface area (TPSA) is 46.1 Å². The maximum atomic E-state index is 5.38. The molecule has 112 valence electrons. The van der Waals surface area contributed by atoms with E-state index in [9.17, 15) is 0 Å². The molecule has 0 unspecified atom stereocenters. The number of hydrogen-bond donors (Lipinski definition) is 1. The zero-order valence-corrected chi connectivity index (χ0v) is 12.8. The highest BCUT2D eigenvalue weighted by Crippen LogP contribution is 2.08. The first kappa shape index (κ1) is 14.4. The van der Waals surface area contributed by atoms with Crippen LogP contribution < -0.4 is 0 Å². The average molecular weight is 304 g/mol. The Labute approximate surface area is 129 Å². The molecule has 6 heteroatoms. The normalized spacial score (nSPS) is 16.2. The van der Waals surface area contributed by atoms with Crippen molar-refractivity contribution in [1.29, 1.82) is 0 Å². The van der Waals surface area contributed by atoms with Crippen molar-refractivity contribution < 1.29 is 4.74 Å². The van der Waals surface area contributed by atoms with Gasteiger partial charge in [0.15, 0.2) is 4.77 Å². The minimum absolute atomic E-state index is 0.703. The summed E-state index contributed by atoms with van der Waals surface area (Å²) in [5.41, 5.74) is 1.25. The molecule has 0 aliphatic carbocycles. The van der Waals surface area contributed by atoms with Crippen LogP contribution in [0, 0.1) is 4.77 Å². The smallest absolute Gasteiger partial charge is 0.195 e. The van der Waals surface area contributed by atoms with Crippen molar-refractivity contribution in [2.45, 2.75) is 13.0 Å². The lowest BCUT2D eigenvalue weighted by molar-refractivity contribution is 0.0362. The number of aromatic nitrogens is 3. The first-order valence-corrected chi connectivity index (χ1v) is 7.72. The summed E-state index contributed by atoms with van der Waals surface area (Å²) < 4.78 is 8.19. The van der Waals surface area contributed by atoms with E-state index < -0.39 is 0 Å². The molecule has 2 aromatic rings. The van der Waals surface area contributed by atoms with Crippen LogP contribution in [-0.2, 0) is 17.7 Å². The Balaban J connectivity index is 1.67. The van der Waals surface area contributed by atoms with E-state index in [-0.39, 0.29) is 0 Å². The molecule has 0 atom stereocenters. The molecular weight excluding hydrogens is 284 g/mol. The first-order chi connectivity index (χ1) is 10.3. The number of benzene rings is 1. The number of morpholine rings is 1. The number of nitrogens with zero attached hydrogens (tertiary/aromatic N) is 3. The second-order valence-electron chi connectivity index (χ2n) is 5.21. The van der Waals surface area contributed by atoms with Crippen LogP contribution in [0.25, 0.3) is 0 Å². The zero-order chi connectivity index (χ0) is 14.5. The number of aromatic amines is 1. The molecule has 0 spiro atoms. The summed E-state index contributed by atoms with van der Waals surface area (Å²) in [6.45, 7) is 5.51. The van der Waals surface area contributed by atoms with E-state index in [0.29, 0.717) is 4.77 Å². The minimum Gasteiger partial charge on any atom is -0.379 e. The Kier molecular flexibility index (Phi) is 4.80. The lowest BCUT2D eigenvalue weighted by Gasteiger charge is -2.26. The predicted molar refractivity (Wildman–Crippen MR) is 83.9 cm³/mol. The van der Waals surface area contributed by atoms with E-state index in [0.717, 1.165) is 51.6 Å². The van der Waals surface area contributed by atoms with Gasteiger partial charge < -0.3 is 9.30 Å². The number of rotatable bonds is 5. The van der Waals surface area contributed by atoms with Crippen molar-refractivity contribution >= 4 is 12.2 Å². The monoisotopic (exact) mass is 304 g/mol. The molecule has 5 nitrogen and oxygen atoms in total. The molecule has 2 heterocycles. The van der Waals surface area contributed by atoms with E-state index >= 15 is 0 Å². The molecule has 1 aromatic heterocycles. The highest BCUT2D eigenvalue weighted by Gasteiger charge is 2.12. The fourth-order valence-electron chi connectivity index (χ4n) is 2.56. The molecule has 1 saturated heterocycles. The van der Waals surface area contributed by atoms with E-state index in [4.69, 9.17) is 17.0 Å². The van der Waals surface area contributed by atoms with Crippen LogP contribution in [0.1, 0.15) is 11.4 Å². The maximum Gasteiger partial charge on any atom is 0.195 e. The molecule has 1 aliphatic rings. The molecule has 1 fully saturated rings. The summed E-state index contributed by atoms with van der Waals surface area (Å²) in [5.74, 6) is 0.999. The summed E-state index contributed by atoms with van der Waals surface area (Å²) in [5, 5.41) is 7.30. The van der Waals surface area contributed by atoms with Crippen LogP contribution in [0.15, 0.2) is 30.3 Å². The van der Waals surface area contributed by atoms with E-state index in [1.807, 2.05) is 6.07 Å². The molecule has 0 saturated carbocycles. The van der Waals surface area contributed by atoms with E-state index in [1.165, 1.54) is 5.56 Å². The number of H-pyrrole nitrogens is 1.